The van der Waals surface area contributed by atoms with Crippen molar-refractivity contribution in [3.63, 3.8) is 0 Å². The van der Waals surface area contributed by atoms with E-state index >= 15 is 0 Å². The maximum absolute atomic E-state index is 12.6. The molecule has 0 aromatic carbocycles. The minimum Gasteiger partial charge on any atom is -0.271 e. The summed E-state index contributed by atoms with van der Waals surface area (Å²) in [6.07, 6.45) is 0. The van der Waals surface area contributed by atoms with Gasteiger partial charge in [-0.15, -0.1) is 10.2 Å². The van der Waals surface area contributed by atoms with Crippen molar-refractivity contribution >= 4 is 46.7 Å². The Morgan fingerprint density at radius 2 is 1.21 bits per heavy atom. The van der Waals surface area contributed by atoms with Crippen molar-refractivity contribution < 1.29 is 9.59 Å². The molecule has 3 aromatic rings. The maximum Gasteiger partial charge on any atom is 0.260 e. The van der Waals surface area contributed by atoms with E-state index in [9.17, 15) is 9.59 Å². The number of carbonyl (C=O) groups is 2. The van der Waals surface area contributed by atoms with E-state index in [-0.39, 0.29) is 22.3 Å². The summed E-state index contributed by atoms with van der Waals surface area (Å²) in [6, 6.07) is 3.74. The van der Waals surface area contributed by atoms with Crippen molar-refractivity contribution in [2.75, 3.05) is 0 Å². The lowest BCUT2D eigenvalue weighted by molar-refractivity contribution is 0.0889. The summed E-state index contributed by atoms with van der Waals surface area (Å²) in [4.78, 5) is 25.2. The second kappa shape index (κ2) is 8.80. The Labute approximate surface area is 181 Å². The second-order valence-corrected chi connectivity index (χ2v) is 10.9. The summed E-state index contributed by atoms with van der Waals surface area (Å²) >= 11 is 4.06. The number of hydrogen-bond acceptors (Lipinski definition) is 9. The van der Waals surface area contributed by atoms with Crippen molar-refractivity contribution in [2.24, 2.45) is 0 Å². The first kappa shape index (κ1) is 21.7. The van der Waals surface area contributed by atoms with Crippen molar-refractivity contribution in [3.8, 4) is 0 Å². The first-order chi connectivity index (χ1) is 13.7. The van der Waals surface area contributed by atoms with Crippen LogP contribution in [0.1, 0.15) is 46.2 Å². The molecule has 0 radical (unpaired) electrons. The fourth-order valence-corrected chi connectivity index (χ4v) is 6.12. The highest BCUT2D eigenvalue weighted by Crippen LogP contribution is 2.34. The number of aryl methyl sites for hydroxylation is 4. The van der Waals surface area contributed by atoms with Gasteiger partial charge in [0.25, 0.3) is 11.8 Å². The van der Waals surface area contributed by atoms with Gasteiger partial charge >= 0.3 is 0 Å². The maximum atomic E-state index is 12.6. The third-order valence-corrected chi connectivity index (χ3v) is 7.34. The minimum absolute atomic E-state index is 0.0990. The van der Waals surface area contributed by atoms with Gasteiger partial charge in [0.15, 0.2) is 8.68 Å². The quantitative estimate of drug-likeness (QED) is 0.523. The van der Waals surface area contributed by atoms with Gasteiger partial charge in [0.2, 0.25) is 0 Å². The Morgan fingerprint density at radius 3 is 1.52 bits per heavy atom. The summed E-state index contributed by atoms with van der Waals surface area (Å²) in [5.74, 6) is -0.198. The fraction of sp³-hybridized carbons (Fsp3) is 0.444. The van der Waals surface area contributed by atoms with Crippen LogP contribution in [-0.4, -0.2) is 52.1 Å². The monoisotopic (exact) mass is 450 g/mol. The number of rotatable bonds is 6. The van der Waals surface area contributed by atoms with E-state index in [0.717, 1.165) is 22.8 Å². The highest BCUT2D eigenvalue weighted by atomic mass is 32.2. The van der Waals surface area contributed by atoms with Crippen LogP contribution in [0, 0.1) is 27.7 Å². The molecule has 0 spiro atoms. The van der Waals surface area contributed by atoms with Gasteiger partial charge in [0.05, 0.1) is 21.9 Å². The lowest BCUT2D eigenvalue weighted by atomic mass is 10.4. The molecule has 0 unspecified atom stereocenters. The first-order valence-corrected chi connectivity index (χ1v) is 11.5. The molecule has 0 aliphatic carbocycles. The zero-order chi connectivity index (χ0) is 21.3. The molecule has 0 amide bonds. The van der Waals surface area contributed by atoms with Crippen LogP contribution in [-0.2, 0) is 0 Å². The van der Waals surface area contributed by atoms with Crippen molar-refractivity contribution in [3.05, 3.63) is 34.9 Å². The molecule has 3 rings (SSSR count). The van der Waals surface area contributed by atoms with Crippen molar-refractivity contribution in [1.29, 1.82) is 0 Å². The molecule has 0 aliphatic rings. The molecule has 29 heavy (non-hydrogen) atoms. The number of thioether (sulfide) groups is 2. The Balaban J connectivity index is 1.63. The smallest absolute Gasteiger partial charge is 0.260 e. The summed E-state index contributed by atoms with van der Waals surface area (Å²) < 4.78 is 4.22. The van der Waals surface area contributed by atoms with E-state index in [1.165, 1.54) is 44.2 Å². The Bertz CT molecular complexity index is 973. The van der Waals surface area contributed by atoms with Gasteiger partial charge < -0.3 is 0 Å². The van der Waals surface area contributed by atoms with Gasteiger partial charge in [-0.2, -0.15) is 10.2 Å². The van der Waals surface area contributed by atoms with Crippen molar-refractivity contribution in [2.45, 2.75) is 60.7 Å². The summed E-state index contributed by atoms with van der Waals surface area (Å²) in [7, 11) is 0. The van der Waals surface area contributed by atoms with Crippen LogP contribution < -0.4 is 0 Å². The van der Waals surface area contributed by atoms with Crippen LogP contribution in [0.25, 0.3) is 0 Å². The van der Waals surface area contributed by atoms with Gasteiger partial charge in [-0.1, -0.05) is 34.9 Å². The molecule has 0 fully saturated rings. The third kappa shape index (κ3) is 4.96. The summed E-state index contributed by atoms with van der Waals surface area (Å²) in [6.45, 7) is 11.1. The summed E-state index contributed by atoms with van der Waals surface area (Å²) in [5, 5.41) is 16.1. The third-order valence-electron chi connectivity index (χ3n) is 4.08. The van der Waals surface area contributed by atoms with Crippen LogP contribution in [0.4, 0.5) is 0 Å². The Morgan fingerprint density at radius 1 is 0.828 bits per heavy atom. The van der Waals surface area contributed by atoms with Gasteiger partial charge in [-0.3, -0.25) is 9.59 Å². The van der Waals surface area contributed by atoms with Gasteiger partial charge in [-0.05, 0) is 53.7 Å². The molecule has 0 saturated carbocycles. The molecule has 3 heterocycles. The van der Waals surface area contributed by atoms with Gasteiger partial charge in [-0.25, -0.2) is 9.36 Å². The van der Waals surface area contributed by atoms with Crippen LogP contribution >= 0.6 is 34.9 Å². The van der Waals surface area contributed by atoms with E-state index in [4.69, 9.17) is 0 Å². The lowest BCUT2D eigenvalue weighted by Crippen LogP contribution is -2.23. The lowest BCUT2D eigenvalue weighted by Gasteiger charge is -2.09. The molecule has 2 atom stereocenters. The normalized spacial score (nSPS) is 13.4. The van der Waals surface area contributed by atoms with Crippen LogP contribution in [0.3, 0.4) is 0 Å². The van der Waals surface area contributed by atoms with Gasteiger partial charge in [0, 0.05) is 11.4 Å². The number of nitrogens with zero attached hydrogens (tertiary/aromatic N) is 6. The number of hydrogen-bond donors (Lipinski definition) is 0. The standard InChI is InChI=1S/C18H22N6O2S3/c1-9-7-11(3)23(21-9)15(25)13(5)27-17-19-20-18(29-17)28-14(6)16(26)24-12(4)8-10(2)22-24/h7-8,13-14H,1-6H3/t13-,14-/m1/s1. The van der Waals surface area contributed by atoms with Crippen LogP contribution in [0.5, 0.6) is 0 Å². The molecule has 0 bridgehead atoms. The molecule has 8 nitrogen and oxygen atoms in total. The highest BCUT2D eigenvalue weighted by molar-refractivity contribution is 8.04. The molecular weight excluding hydrogens is 428 g/mol. The predicted molar refractivity (Wildman–Crippen MR) is 115 cm³/mol. The van der Waals surface area contributed by atoms with Crippen molar-refractivity contribution in [1.82, 2.24) is 29.8 Å². The molecule has 0 saturated heterocycles. The first-order valence-electron chi connectivity index (χ1n) is 8.97. The average Bonchev–Trinajstić information content (AvgIpc) is 3.32. The molecule has 154 valence electrons. The SMILES string of the molecule is Cc1cc(C)n(C(=O)[C@@H](C)Sc2nnc(S[C@H](C)C(=O)n3nc(C)cc3C)s2)n1. The van der Waals surface area contributed by atoms with E-state index in [1.54, 1.807) is 0 Å². The van der Waals surface area contributed by atoms with E-state index in [1.807, 2.05) is 53.7 Å². The zero-order valence-corrected chi connectivity index (χ0v) is 19.5. The second-order valence-electron chi connectivity index (χ2n) is 6.71. The van der Waals surface area contributed by atoms with E-state index in [2.05, 4.69) is 20.4 Å². The van der Waals surface area contributed by atoms with E-state index < -0.39 is 0 Å². The predicted octanol–water partition coefficient (Wildman–Crippen LogP) is 3.81. The molecule has 11 heteroatoms. The van der Waals surface area contributed by atoms with E-state index in [0.29, 0.717) is 8.68 Å². The van der Waals surface area contributed by atoms with Crippen LogP contribution in [0.2, 0.25) is 0 Å². The molecule has 0 aliphatic heterocycles. The number of carbonyl (C=O) groups excluding carboxylic acids is 2. The minimum atomic E-state index is -0.354. The molecule has 0 N–H and O–H groups in total. The summed E-state index contributed by atoms with van der Waals surface area (Å²) in [5.41, 5.74) is 3.24. The molecular formula is C18H22N6O2S3. The topological polar surface area (TPSA) is 95.6 Å². The average molecular weight is 451 g/mol. The molecule has 3 aromatic heterocycles. The Kier molecular flexibility index (Phi) is 6.59. The van der Waals surface area contributed by atoms with Gasteiger partial charge in [0.1, 0.15) is 0 Å². The fourth-order valence-electron chi connectivity index (χ4n) is 2.74. The highest BCUT2D eigenvalue weighted by Gasteiger charge is 2.23. The number of aromatic nitrogens is 6. The Hall–Kier alpha value is -1.98. The largest absolute Gasteiger partial charge is 0.271 e. The zero-order valence-electron chi connectivity index (χ0n) is 17.0. The van der Waals surface area contributed by atoms with Crippen LogP contribution in [0.15, 0.2) is 20.8 Å².